The minimum absolute atomic E-state index is 0.0456. The zero-order valence-electron chi connectivity index (χ0n) is 21.4. The maximum Gasteiger partial charge on any atom is 0.408 e. The Morgan fingerprint density at radius 3 is 2.55 bits per heavy atom. The van der Waals surface area contributed by atoms with Crippen LogP contribution >= 0.6 is 23.2 Å². The van der Waals surface area contributed by atoms with Gasteiger partial charge in [0, 0.05) is 23.2 Å². The van der Waals surface area contributed by atoms with Gasteiger partial charge in [-0.1, -0.05) is 35.3 Å². The fourth-order valence-corrected chi connectivity index (χ4v) is 8.37. The number of aryl methyl sites for hydroxylation is 1. The van der Waals surface area contributed by atoms with Crippen molar-refractivity contribution in [2.45, 2.75) is 70.9 Å². The van der Waals surface area contributed by atoms with Crippen molar-refractivity contribution in [2.75, 3.05) is 5.32 Å². The van der Waals surface area contributed by atoms with Gasteiger partial charge < -0.3 is 15.4 Å². The second-order valence-corrected chi connectivity index (χ2v) is 12.6. The van der Waals surface area contributed by atoms with Crippen molar-refractivity contribution in [1.29, 1.82) is 0 Å². The molecule has 0 radical (unpaired) electrons. The highest BCUT2D eigenvalue weighted by Gasteiger charge is 2.60. The van der Waals surface area contributed by atoms with Crippen LogP contribution in [0.4, 0.5) is 11.6 Å². The first-order chi connectivity index (χ1) is 18.0. The number of nitrogens with one attached hydrogen (secondary N) is 1. The second-order valence-electron chi connectivity index (χ2n) is 11.8. The molecule has 7 rings (SSSR count). The molecule has 0 spiro atoms. The number of halogens is 2. The third-order valence-electron chi connectivity index (χ3n) is 8.81. The Morgan fingerprint density at radius 2 is 1.89 bits per heavy atom. The summed E-state index contributed by atoms with van der Waals surface area (Å²) in [6.07, 6.45) is 6.17. The molecule has 38 heavy (non-hydrogen) atoms. The Morgan fingerprint density at radius 1 is 1.16 bits per heavy atom. The molecular formula is C27H30Cl2N6O3. The number of rotatable bonds is 7. The van der Waals surface area contributed by atoms with Crippen molar-refractivity contribution in [1.82, 2.24) is 19.6 Å². The number of hydrogen-bond acceptors (Lipinski definition) is 5. The van der Waals surface area contributed by atoms with E-state index >= 15 is 0 Å². The molecule has 1 aromatic carbocycles. The third-order valence-corrected chi connectivity index (χ3v) is 9.48. The molecule has 1 amide bonds. The van der Waals surface area contributed by atoms with Gasteiger partial charge in [0.25, 0.3) is 0 Å². The van der Waals surface area contributed by atoms with Crippen LogP contribution in [0.25, 0.3) is 0 Å². The molecule has 200 valence electrons. The summed E-state index contributed by atoms with van der Waals surface area (Å²) in [5, 5.41) is 24.4. The van der Waals surface area contributed by atoms with E-state index in [-0.39, 0.29) is 27.7 Å². The average Bonchev–Trinajstić information content (AvgIpc) is 3.31. The second kappa shape index (κ2) is 9.09. The molecule has 2 aromatic heterocycles. The molecular weight excluding hydrogens is 527 g/mol. The van der Waals surface area contributed by atoms with Gasteiger partial charge in [0.15, 0.2) is 10.8 Å². The first-order valence-corrected chi connectivity index (χ1v) is 13.8. The quantitative estimate of drug-likeness (QED) is 0.272. The van der Waals surface area contributed by atoms with Crippen molar-refractivity contribution >= 4 is 40.7 Å². The number of anilines is 1. The molecule has 0 aliphatic heterocycles. The van der Waals surface area contributed by atoms with Crippen LogP contribution < -0.4 is 5.32 Å². The lowest BCUT2D eigenvalue weighted by Gasteiger charge is -2.61. The summed E-state index contributed by atoms with van der Waals surface area (Å²) in [6.45, 7) is 4.34. The molecule has 11 heteroatoms. The summed E-state index contributed by atoms with van der Waals surface area (Å²) < 4.78 is 3.69. The Hall–Kier alpha value is -2.91. The van der Waals surface area contributed by atoms with Crippen molar-refractivity contribution in [3.8, 4) is 0 Å². The molecule has 4 aliphatic carbocycles. The van der Waals surface area contributed by atoms with E-state index in [1.165, 1.54) is 0 Å². The van der Waals surface area contributed by atoms with Crippen molar-refractivity contribution in [3.05, 3.63) is 67.4 Å². The van der Waals surface area contributed by atoms with Crippen LogP contribution in [0.1, 0.15) is 61.9 Å². The van der Waals surface area contributed by atoms with E-state index in [0.717, 1.165) is 49.8 Å². The van der Waals surface area contributed by atoms with E-state index in [4.69, 9.17) is 23.2 Å². The zero-order valence-corrected chi connectivity index (χ0v) is 22.9. The zero-order chi connectivity index (χ0) is 26.8. The van der Waals surface area contributed by atoms with Crippen LogP contribution in [0.15, 0.2) is 30.3 Å². The lowest BCUT2D eigenvalue weighted by atomic mass is 9.46. The van der Waals surface area contributed by atoms with Gasteiger partial charge in [-0.25, -0.2) is 0 Å². The number of nitrogens with zero attached hydrogens (tertiary/aromatic N) is 5. The first kappa shape index (κ1) is 25.4. The van der Waals surface area contributed by atoms with Crippen molar-refractivity contribution < 1.29 is 9.72 Å². The van der Waals surface area contributed by atoms with Crippen LogP contribution in [-0.2, 0) is 16.9 Å². The Labute approximate surface area is 230 Å². The highest BCUT2D eigenvalue weighted by Crippen LogP contribution is 2.65. The van der Waals surface area contributed by atoms with Gasteiger partial charge >= 0.3 is 5.82 Å². The van der Waals surface area contributed by atoms with Crippen LogP contribution in [0.5, 0.6) is 0 Å². The summed E-state index contributed by atoms with van der Waals surface area (Å²) >= 11 is 12.5. The van der Waals surface area contributed by atoms with Crippen molar-refractivity contribution in [2.24, 2.45) is 17.3 Å². The van der Waals surface area contributed by atoms with Gasteiger partial charge in [0.05, 0.1) is 22.9 Å². The fraction of sp³-hybridized carbons (Fsp3) is 0.519. The number of aromatic nitrogens is 4. The molecule has 4 aliphatic rings. The molecule has 2 unspecified atom stereocenters. The Kier molecular flexibility index (Phi) is 6.07. The Bertz CT molecular complexity index is 1430. The number of hydrogen-bond donors (Lipinski definition) is 1. The summed E-state index contributed by atoms with van der Waals surface area (Å²) in [7, 11) is 0. The molecule has 4 fully saturated rings. The van der Waals surface area contributed by atoms with E-state index in [1.54, 1.807) is 0 Å². The van der Waals surface area contributed by atoms with E-state index in [2.05, 4.69) is 15.5 Å². The predicted octanol–water partition coefficient (Wildman–Crippen LogP) is 6.28. The van der Waals surface area contributed by atoms with Crippen LogP contribution in [-0.4, -0.2) is 30.4 Å². The van der Waals surface area contributed by atoms with Gasteiger partial charge in [0.1, 0.15) is 0 Å². The topological polar surface area (TPSA) is 108 Å². The van der Waals surface area contributed by atoms with Gasteiger partial charge in [-0.3, -0.25) is 9.48 Å². The van der Waals surface area contributed by atoms with E-state index in [9.17, 15) is 14.9 Å². The SMILES string of the molecule is Cc1cc(NC(=O)CC23CC4CC(C2)CC(n2nc([N+](=O)[O-])c(Cl)c2C)(C4)C3)nn1Cc1cccc(Cl)c1. The van der Waals surface area contributed by atoms with Crippen molar-refractivity contribution in [3.63, 3.8) is 0 Å². The summed E-state index contributed by atoms with van der Waals surface area (Å²) in [5.41, 5.74) is 2.13. The monoisotopic (exact) mass is 556 g/mol. The molecule has 1 N–H and O–H groups in total. The predicted molar refractivity (Wildman–Crippen MR) is 144 cm³/mol. The largest absolute Gasteiger partial charge is 0.408 e. The maximum absolute atomic E-state index is 13.4. The molecule has 4 saturated carbocycles. The van der Waals surface area contributed by atoms with Crippen LogP contribution in [0.2, 0.25) is 10.0 Å². The number of carbonyl (C=O) groups is 1. The van der Waals surface area contributed by atoms with E-state index in [0.29, 0.717) is 41.3 Å². The molecule has 9 nitrogen and oxygen atoms in total. The summed E-state index contributed by atoms with van der Waals surface area (Å²) in [4.78, 5) is 24.4. The number of carbonyl (C=O) groups excluding carboxylic acids is 1. The summed E-state index contributed by atoms with van der Waals surface area (Å²) in [5.74, 6) is 1.17. The average molecular weight is 557 g/mol. The van der Waals surface area contributed by atoms with E-state index < -0.39 is 4.92 Å². The maximum atomic E-state index is 13.4. The smallest absolute Gasteiger partial charge is 0.358 e. The van der Waals surface area contributed by atoms with Crippen LogP contribution in [0.3, 0.4) is 0 Å². The Balaban J connectivity index is 1.20. The third kappa shape index (κ3) is 4.39. The highest BCUT2D eigenvalue weighted by atomic mass is 35.5. The molecule has 3 aromatic rings. The fourth-order valence-electron chi connectivity index (χ4n) is 7.97. The lowest BCUT2D eigenvalue weighted by Crippen LogP contribution is -2.57. The van der Waals surface area contributed by atoms with Gasteiger partial charge in [0.2, 0.25) is 5.91 Å². The molecule has 0 saturated heterocycles. The number of amides is 1. The number of benzene rings is 1. The van der Waals surface area contributed by atoms with Crippen LogP contribution in [0, 0.1) is 41.2 Å². The highest BCUT2D eigenvalue weighted by molar-refractivity contribution is 6.33. The molecule has 4 bridgehead atoms. The number of nitro groups is 1. The minimum atomic E-state index is -0.511. The molecule has 2 heterocycles. The molecule has 2 atom stereocenters. The van der Waals surface area contributed by atoms with Gasteiger partial charge in [-0.15, -0.1) is 0 Å². The van der Waals surface area contributed by atoms with Gasteiger partial charge in [-0.2, -0.15) is 9.78 Å². The normalized spacial score (nSPS) is 27.6. The van der Waals surface area contributed by atoms with Gasteiger partial charge in [-0.05, 0) is 92.2 Å². The summed E-state index contributed by atoms with van der Waals surface area (Å²) in [6, 6.07) is 9.54. The first-order valence-electron chi connectivity index (χ1n) is 13.0. The lowest BCUT2D eigenvalue weighted by molar-refractivity contribution is -0.389. The standard InChI is InChI=1S/C27H30Cl2N6O3/c1-16-6-22(31-33(16)14-18-4-3-5-21(28)8-18)30-23(36)13-26-9-19-7-20(10-26)12-27(11-19,15-26)34-17(2)24(29)25(32-34)35(37)38/h3-6,8,19-20H,7,9-15H2,1-2H3,(H,30,31,36). The minimum Gasteiger partial charge on any atom is -0.358 e. The van der Waals surface area contributed by atoms with E-state index in [1.807, 2.05) is 53.5 Å².